The van der Waals surface area contributed by atoms with E-state index in [2.05, 4.69) is 73.0 Å². The second kappa shape index (κ2) is 14.9. The number of imide groups is 2. The van der Waals surface area contributed by atoms with Crippen LogP contribution in [0.4, 0.5) is 11.5 Å². The fraction of sp³-hybridized carbons (Fsp3) is 0.422. The maximum absolute atomic E-state index is 13.3. The van der Waals surface area contributed by atoms with Crippen molar-refractivity contribution in [2.45, 2.75) is 63.2 Å². The number of pyridine rings is 2. The van der Waals surface area contributed by atoms with Crippen LogP contribution in [-0.4, -0.2) is 112 Å². The van der Waals surface area contributed by atoms with E-state index in [4.69, 9.17) is 9.72 Å². The zero-order valence-corrected chi connectivity index (χ0v) is 32.8. The minimum absolute atomic E-state index is 0.101. The van der Waals surface area contributed by atoms with Gasteiger partial charge in [-0.25, -0.2) is 4.98 Å². The van der Waals surface area contributed by atoms with Gasteiger partial charge < -0.3 is 24.0 Å². The topological polar surface area (TPSA) is 133 Å². The van der Waals surface area contributed by atoms with Crippen molar-refractivity contribution in [3.05, 3.63) is 84.3 Å². The molecule has 5 aromatic rings. The number of ether oxygens (including phenoxy) is 1. The molecule has 8 heterocycles. The predicted octanol–water partition coefficient (Wildman–Crippen LogP) is 5.17. The molecule has 1 unspecified atom stereocenters. The van der Waals surface area contributed by atoms with E-state index in [1.807, 2.05) is 24.7 Å². The van der Waals surface area contributed by atoms with Crippen LogP contribution in [0.2, 0.25) is 0 Å². The lowest BCUT2D eigenvalue weighted by Crippen LogP contribution is -2.54. The molecule has 58 heavy (non-hydrogen) atoms. The van der Waals surface area contributed by atoms with Crippen LogP contribution in [0.5, 0.6) is 0 Å². The second-order valence-corrected chi connectivity index (χ2v) is 16.7. The Hall–Kier alpha value is -5.66. The Kier molecular flexibility index (Phi) is 9.44. The molecule has 3 aromatic heterocycles. The summed E-state index contributed by atoms with van der Waals surface area (Å²) in [5.74, 6) is -0.146. The van der Waals surface area contributed by atoms with Crippen LogP contribution in [-0.2, 0) is 21.4 Å². The van der Waals surface area contributed by atoms with Gasteiger partial charge in [-0.15, -0.1) is 0 Å². The molecule has 4 amide bonds. The smallest absolute Gasteiger partial charge is 0.262 e. The fourth-order valence-corrected chi connectivity index (χ4v) is 9.72. The number of hydrogen-bond donors (Lipinski definition) is 1. The minimum atomic E-state index is -0.961. The third kappa shape index (κ3) is 6.69. The zero-order valence-electron chi connectivity index (χ0n) is 32.8. The summed E-state index contributed by atoms with van der Waals surface area (Å²) in [6, 6.07) is 17.4. The van der Waals surface area contributed by atoms with E-state index >= 15 is 0 Å². The first-order valence-corrected chi connectivity index (χ1v) is 20.8. The number of carbonyl (C=O) groups excluding carboxylic acids is 4. The summed E-state index contributed by atoms with van der Waals surface area (Å²) in [6.45, 7) is 6.81. The van der Waals surface area contributed by atoms with Crippen molar-refractivity contribution in [3.8, 4) is 11.1 Å². The van der Waals surface area contributed by atoms with Crippen LogP contribution in [0.15, 0.2) is 73.2 Å². The number of aryl methyl sites for hydroxylation is 1. The molecule has 13 heteroatoms. The van der Waals surface area contributed by atoms with Gasteiger partial charge in [-0.2, -0.15) is 0 Å². The molecule has 0 saturated carbocycles. The number of amides is 4. The SMILES string of the molecule is Cn1c2ccncc2c2ccc(-c3ccc(N4CCC(CCN5CCC(OC6CN(c7ccc8c(c7)C(=O)N(C7CCC(=O)NC7=O)C8=O)C6)CC5)CC4)nc3)cc21. The van der Waals surface area contributed by atoms with Gasteiger partial charge in [0.15, 0.2) is 0 Å². The number of nitrogens with one attached hydrogen (secondary N) is 1. The van der Waals surface area contributed by atoms with Gasteiger partial charge in [-0.05, 0) is 99.0 Å². The Bertz CT molecular complexity index is 2430. The summed E-state index contributed by atoms with van der Waals surface area (Å²) in [6.07, 6.45) is 12.1. The van der Waals surface area contributed by atoms with E-state index < -0.39 is 23.8 Å². The molecule has 2 aromatic carbocycles. The first kappa shape index (κ1) is 36.7. The molecule has 5 aliphatic rings. The van der Waals surface area contributed by atoms with Crippen molar-refractivity contribution >= 4 is 56.9 Å². The maximum Gasteiger partial charge on any atom is 0.262 e. The number of benzene rings is 2. The molecule has 4 saturated heterocycles. The third-order valence-electron chi connectivity index (χ3n) is 13.2. The summed E-state index contributed by atoms with van der Waals surface area (Å²) in [4.78, 5) is 67.8. The highest BCUT2D eigenvalue weighted by Gasteiger charge is 2.45. The number of nitrogens with zero attached hydrogens (tertiary/aromatic N) is 7. The van der Waals surface area contributed by atoms with Gasteiger partial charge in [-0.3, -0.25) is 34.4 Å². The number of hydrogen-bond acceptors (Lipinski definition) is 10. The van der Waals surface area contributed by atoms with Crippen molar-refractivity contribution in [2.75, 3.05) is 55.6 Å². The van der Waals surface area contributed by atoms with Crippen molar-refractivity contribution in [1.29, 1.82) is 0 Å². The van der Waals surface area contributed by atoms with Crippen LogP contribution in [0, 0.1) is 5.92 Å². The lowest BCUT2D eigenvalue weighted by molar-refractivity contribution is -0.136. The van der Waals surface area contributed by atoms with E-state index in [0.29, 0.717) is 11.1 Å². The molecular weight excluding hydrogens is 733 g/mol. The quantitative estimate of drug-likeness (QED) is 0.200. The average molecular weight is 781 g/mol. The van der Waals surface area contributed by atoms with Gasteiger partial charge in [0.1, 0.15) is 11.9 Å². The highest BCUT2D eigenvalue weighted by Crippen LogP contribution is 2.35. The number of fused-ring (bicyclic) bond motifs is 4. The molecule has 0 aliphatic carbocycles. The Morgan fingerprint density at radius 2 is 1.53 bits per heavy atom. The highest BCUT2D eigenvalue weighted by atomic mass is 16.5. The summed E-state index contributed by atoms with van der Waals surface area (Å²) >= 11 is 0. The Balaban J connectivity index is 0.646. The molecule has 1 N–H and O–H groups in total. The van der Waals surface area contributed by atoms with E-state index in [9.17, 15) is 19.2 Å². The van der Waals surface area contributed by atoms with Crippen LogP contribution in [0.1, 0.15) is 65.7 Å². The van der Waals surface area contributed by atoms with Gasteiger partial charge in [0, 0.05) is 98.9 Å². The van der Waals surface area contributed by atoms with Gasteiger partial charge in [-0.1, -0.05) is 12.1 Å². The van der Waals surface area contributed by atoms with Crippen LogP contribution >= 0.6 is 0 Å². The van der Waals surface area contributed by atoms with Crippen molar-refractivity contribution < 1.29 is 23.9 Å². The number of piperidine rings is 3. The molecule has 10 rings (SSSR count). The van der Waals surface area contributed by atoms with Crippen LogP contribution in [0.3, 0.4) is 0 Å². The first-order chi connectivity index (χ1) is 28.3. The highest BCUT2D eigenvalue weighted by molar-refractivity contribution is 6.23. The molecular formula is C45H48N8O5. The van der Waals surface area contributed by atoms with Crippen LogP contribution < -0.4 is 15.1 Å². The van der Waals surface area contributed by atoms with E-state index in [-0.39, 0.29) is 31.0 Å². The van der Waals surface area contributed by atoms with Crippen molar-refractivity contribution in [1.82, 2.24) is 29.7 Å². The number of rotatable bonds is 9. The van der Waals surface area contributed by atoms with Gasteiger partial charge in [0.2, 0.25) is 11.8 Å². The molecule has 0 bridgehead atoms. The molecule has 0 radical (unpaired) electrons. The molecule has 4 fully saturated rings. The number of anilines is 2. The number of carbonyl (C=O) groups is 4. The molecule has 5 aliphatic heterocycles. The van der Waals surface area contributed by atoms with E-state index in [1.165, 1.54) is 46.6 Å². The van der Waals surface area contributed by atoms with Gasteiger partial charge in [0.05, 0.1) is 28.9 Å². The third-order valence-corrected chi connectivity index (χ3v) is 13.2. The lowest BCUT2D eigenvalue weighted by Gasteiger charge is -2.43. The Morgan fingerprint density at radius 3 is 2.31 bits per heavy atom. The molecule has 1 atom stereocenters. The largest absolute Gasteiger partial charge is 0.371 e. The monoisotopic (exact) mass is 780 g/mol. The molecule has 0 spiro atoms. The van der Waals surface area contributed by atoms with Crippen molar-refractivity contribution in [2.24, 2.45) is 13.0 Å². The summed E-state index contributed by atoms with van der Waals surface area (Å²) < 4.78 is 8.74. The average Bonchev–Trinajstić information content (AvgIpc) is 3.66. The minimum Gasteiger partial charge on any atom is -0.371 e. The molecule has 298 valence electrons. The molecule has 13 nitrogen and oxygen atoms in total. The number of aromatic nitrogens is 3. The Labute approximate surface area is 336 Å². The van der Waals surface area contributed by atoms with Crippen LogP contribution in [0.25, 0.3) is 32.9 Å². The summed E-state index contributed by atoms with van der Waals surface area (Å²) in [5.41, 5.74) is 6.16. The first-order valence-electron chi connectivity index (χ1n) is 20.8. The predicted molar refractivity (Wildman–Crippen MR) is 221 cm³/mol. The second-order valence-electron chi connectivity index (χ2n) is 16.7. The van der Waals surface area contributed by atoms with Gasteiger partial charge >= 0.3 is 0 Å². The summed E-state index contributed by atoms with van der Waals surface area (Å²) in [5, 5.41) is 4.65. The summed E-state index contributed by atoms with van der Waals surface area (Å²) in [7, 11) is 2.11. The van der Waals surface area contributed by atoms with Gasteiger partial charge in [0.25, 0.3) is 11.8 Å². The van der Waals surface area contributed by atoms with Crippen molar-refractivity contribution in [3.63, 3.8) is 0 Å². The van der Waals surface area contributed by atoms with E-state index in [0.717, 1.165) is 86.5 Å². The Morgan fingerprint density at radius 1 is 0.741 bits per heavy atom. The maximum atomic E-state index is 13.3. The lowest BCUT2D eigenvalue weighted by atomic mass is 9.93. The number of likely N-dealkylation sites (tertiary alicyclic amines) is 1. The fourth-order valence-electron chi connectivity index (χ4n) is 9.72. The standard InChI is InChI=1S/C45H48N8O5/c1-49-38-10-16-46-25-37(38)34-5-2-29(22-40(34)49)30-3-8-41(47-24-30)51-20-12-28(13-21-51)11-17-50-18-14-32(15-19-50)58-33-26-52(27-33)31-4-6-35-36(23-31)45(57)53(44(35)56)39-7-9-42(54)48-43(39)55/h2-6,8,10,16,22-25,28,32-33,39H,7,9,11-15,17-21,26-27H2,1H3,(H,48,54,55). The normalized spacial score (nSPS) is 21.3. The zero-order chi connectivity index (χ0) is 39.5. The van der Waals surface area contributed by atoms with E-state index in [1.54, 1.807) is 12.1 Å².